The number of benzene rings is 6. The minimum atomic E-state index is 0.781. The van der Waals surface area contributed by atoms with Crippen LogP contribution < -0.4 is 5.32 Å². The molecule has 0 amide bonds. The Morgan fingerprint density at radius 3 is 1.80 bits per heavy atom. The Labute approximate surface area is 326 Å². The summed E-state index contributed by atoms with van der Waals surface area (Å²) in [5.74, 6) is 0. The van der Waals surface area contributed by atoms with Crippen LogP contribution in [-0.4, -0.2) is 21.5 Å². The summed E-state index contributed by atoms with van der Waals surface area (Å²) in [6.07, 6.45) is 8.06. The molecular weight excluding hydrogens is 681 g/mol. The molecule has 0 atom stereocenters. The van der Waals surface area contributed by atoms with Gasteiger partial charge in [0.25, 0.3) is 0 Å². The molecule has 56 heavy (non-hydrogen) atoms. The van der Waals surface area contributed by atoms with Gasteiger partial charge in [-0.1, -0.05) is 158 Å². The van der Waals surface area contributed by atoms with Crippen LogP contribution in [0.15, 0.2) is 200 Å². The van der Waals surface area contributed by atoms with Gasteiger partial charge in [0.05, 0.1) is 34.0 Å². The molecule has 264 valence electrons. The molecule has 0 unspecified atom stereocenters. The number of allylic oxidation sites excluding steroid dienone is 2. The zero-order chi connectivity index (χ0) is 37.3. The molecule has 6 aromatic carbocycles. The molecule has 0 radical (unpaired) electrons. The van der Waals surface area contributed by atoms with E-state index in [9.17, 15) is 0 Å². The van der Waals surface area contributed by atoms with E-state index in [0.717, 1.165) is 79.1 Å². The molecule has 0 saturated carbocycles. The molecule has 10 rings (SSSR count). The normalized spacial score (nSPS) is 12.4. The molecule has 4 nitrogen and oxygen atoms in total. The molecule has 1 aliphatic rings. The summed E-state index contributed by atoms with van der Waals surface area (Å²) in [6, 6.07) is 62.3. The molecule has 1 aliphatic heterocycles. The number of rotatable bonds is 7. The molecule has 3 aromatic heterocycles. The van der Waals surface area contributed by atoms with Gasteiger partial charge in [0, 0.05) is 34.5 Å². The van der Waals surface area contributed by atoms with Crippen molar-refractivity contribution in [3.63, 3.8) is 0 Å². The Kier molecular flexibility index (Phi) is 8.54. The van der Waals surface area contributed by atoms with E-state index in [2.05, 4.69) is 186 Å². The van der Waals surface area contributed by atoms with Gasteiger partial charge in [0.15, 0.2) is 0 Å². The molecule has 1 N–H and O–H groups in total. The summed E-state index contributed by atoms with van der Waals surface area (Å²) in [7, 11) is 0. The second-order valence-corrected chi connectivity index (χ2v) is 14.0. The quantitative estimate of drug-likeness (QED) is 0.167. The van der Waals surface area contributed by atoms with Gasteiger partial charge in [0.2, 0.25) is 0 Å². The molecule has 9 aromatic rings. The van der Waals surface area contributed by atoms with Crippen LogP contribution in [0.5, 0.6) is 0 Å². The van der Waals surface area contributed by atoms with E-state index in [0.29, 0.717) is 0 Å². The second kappa shape index (κ2) is 14.4. The first-order valence-corrected chi connectivity index (χ1v) is 19.0. The van der Waals surface area contributed by atoms with E-state index >= 15 is 0 Å². The summed E-state index contributed by atoms with van der Waals surface area (Å²) in [5, 5.41) is 6.97. The highest BCUT2D eigenvalue weighted by Crippen LogP contribution is 2.41. The topological polar surface area (TPSA) is 50.7 Å². The number of hydrogen-bond donors (Lipinski definition) is 1. The van der Waals surface area contributed by atoms with Gasteiger partial charge < -0.3 is 5.32 Å². The van der Waals surface area contributed by atoms with Gasteiger partial charge in [-0.05, 0) is 80.9 Å². The van der Waals surface area contributed by atoms with Crippen LogP contribution in [0.3, 0.4) is 0 Å². The number of fused-ring (bicyclic) bond motifs is 3. The van der Waals surface area contributed by atoms with Crippen LogP contribution in [0.25, 0.3) is 94.5 Å². The Bertz CT molecular complexity index is 2930. The monoisotopic (exact) mass is 716 g/mol. The van der Waals surface area contributed by atoms with E-state index in [1.165, 1.54) is 27.6 Å². The van der Waals surface area contributed by atoms with Crippen LogP contribution in [0.4, 0.5) is 0 Å². The summed E-state index contributed by atoms with van der Waals surface area (Å²) >= 11 is 0. The van der Waals surface area contributed by atoms with Crippen molar-refractivity contribution < 1.29 is 0 Å². The van der Waals surface area contributed by atoms with Gasteiger partial charge in [-0.15, -0.1) is 0 Å². The maximum Gasteiger partial charge on any atom is 0.0900 e. The fraction of sp³-hybridized carbons (Fsp3) is 0.0192. The number of para-hydroxylation sites is 1. The zero-order valence-electron chi connectivity index (χ0n) is 30.6. The summed E-state index contributed by atoms with van der Waals surface area (Å²) < 4.78 is 0. The molecular formula is C52H36N4. The second-order valence-electron chi connectivity index (χ2n) is 14.0. The number of dihydropyridines is 1. The van der Waals surface area contributed by atoms with Crippen LogP contribution in [0, 0.1) is 0 Å². The molecule has 0 saturated heterocycles. The Morgan fingerprint density at radius 2 is 1.05 bits per heavy atom. The number of hydrogen-bond acceptors (Lipinski definition) is 4. The van der Waals surface area contributed by atoms with Gasteiger partial charge in [-0.25, -0.2) is 9.97 Å². The number of nitrogens with zero attached hydrogens (tertiary/aromatic N) is 3. The fourth-order valence-electron chi connectivity index (χ4n) is 7.82. The molecule has 4 heterocycles. The van der Waals surface area contributed by atoms with Crippen molar-refractivity contribution in [3.8, 4) is 67.2 Å². The van der Waals surface area contributed by atoms with E-state index in [4.69, 9.17) is 9.97 Å². The Balaban J connectivity index is 1.02. The lowest BCUT2D eigenvalue weighted by Gasteiger charge is -2.16. The highest BCUT2D eigenvalue weighted by molar-refractivity contribution is 6.17. The first-order valence-electron chi connectivity index (χ1n) is 19.0. The minimum Gasteiger partial charge on any atom is -0.380 e. The number of pyridine rings is 3. The maximum absolute atomic E-state index is 5.31. The highest BCUT2D eigenvalue weighted by atomic mass is 14.9. The van der Waals surface area contributed by atoms with Crippen molar-refractivity contribution in [3.05, 3.63) is 206 Å². The lowest BCUT2D eigenvalue weighted by atomic mass is 9.90. The molecule has 0 bridgehead atoms. The number of nitrogens with one attached hydrogen (secondary N) is 1. The SMILES string of the molecule is C1=CCNC(c2cc(-c3ccc(-c4ccc(-c5cccc6c(-c7ccccc7-c7ccccc7)nc7ccccc7c56)cc4)cc3)cc(-c3ccccn3)n2)=C1. The van der Waals surface area contributed by atoms with Crippen molar-refractivity contribution in [1.29, 1.82) is 0 Å². The average Bonchev–Trinajstić information content (AvgIpc) is 3.29. The maximum atomic E-state index is 5.31. The first-order chi connectivity index (χ1) is 27.8. The Morgan fingerprint density at radius 1 is 0.429 bits per heavy atom. The van der Waals surface area contributed by atoms with Crippen LogP contribution in [0.1, 0.15) is 5.69 Å². The predicted molar refractivity (Wildman–Crippen MR) is 233 cm³/mol. The third-order valence-electron chi connectivity index (χ3n) is 10.6. The highest BCUT2D eigenvalue weighted by Gasteiger charge is 2.17. The van der Waals surface area contributed by atoms with Crippen LogP contribution >= 0.6 is 0 Å². The van der Waals surface area contributed by atoms with E-state index in [1.54, 1.807) is 0 Å². The Hall–Kier alpha value is -7.43. The minimum absolute atomic E-state index is 0.781. The van der Waals surface area contributed by atoms with E-state index < -0.39 is 0 Å². The third-order valence-corrected chi connectivity index (χ3v) is 10.6. The average molecular weight is 717 g/mol. The smallest absolute Gasteiger partial charge is 0.0900 e. The van der Waals surface area contributed by atoms with Crippen molar-refractivity contribution in [2.75, 3.05) is 6.54 Å². The lowest BCUT2D eigenvalue weighted by molar-refractivity contribution is 0.981. The predicted octanol–water partition coefficient (Wildman–Crippen LogP) is 12.7. The molecule has 4 heteroatoms. The summed E-state index contributed by atoms with van der Waals surface area (Å²) in [6.45, 7) is 0.781. The summed E-state index contributed by atoms with van der Waals surface area (Å²) in [5.41, 5.74) is 16.0. The van der Waals surface area contributed by atoms with Crippen LogP contribution in [-0.2, 0) is 0 Å². The largest absolute Gasteiger partial charge is 0.380 e. The van der Waals surface area contributed by atoms with Gasteiger partial charge in [-0.3, -0.25) is 4.98 Å². The van der Waals surface area contributed by atoms with E-state index in [1.807, 2.05) is 24.4 Å². The van der Waals surface area contributed by atoms with Gasteiger partial charge in [-0.2, -0.15) is 0 Å². The zero-order valence-corrected chi connectivity index (χ0v) is 30.6. The standard InChI is InChI=1S/C52H36N4/c1-2-13-38(14-3-1)41-15-4-5-16-43(41)52-45-19-12-18-42(51(45)44-17-6-7-20-46(44)56-52)39-29-27-36(28-30-39)35-23-25-37(26-24-35)40-33-49(47-21-8-10-31-53-47)55-50(34-40)48-22-9-11-32-54-48/h1-31,33-34,54H,32H2. The first kappa shape index (κ1) is 33.2. The van der Waals surface area contributed by atoms with Crippen molar-refractivity contribution in [1.82, 2.24) is 20.3 Å². The molecule has 0 spiro atoms. The van der Waals surface area contributed by atoms with Crippen molar-refractivity contribution >= 4 is 27.4 Å². The van der Waals surface area contributed by atoms with Crippen LogP contribution in [0.2, 0.25) is 0 Å². The molecule has 0 aliphatic carbocycles. The third kappa shape index (κ3) is 6.23. The number of aromatic nitrogens is 3. The molecule has 0 fully saturated rings. The van der Waals surface area contributed by atoms with Crippen molar-refractivity contribution in [2.45, 2.75) is 0 Å². The fourth-order valence-corrected chi connectivity index (χ4v) is 7.82. The van der Waals surface area contributed by atoms with Crippen molar-refractivity contribution in [2.24, 2.45) is 0 Å². The summed E-state index contributed by atoms with van der Waals surface area (Å²) in [4.78, 5) is 14.9. The van der Waals surface area contributed by atoms with Gasteiger partial charge >= 0.3 is 0 Å². The van der Waals surface area contributed by atoms with E-state index in [-0.39, 0.29) is 0 Å². The van der Waals surface area contributed by atoms with Gasteiger partial charge in [0.1, 0.15) is 0 Å². The lowest BCUT2D eigenvalue weighted by Crippen LogP contribution is -2.15.